The van der Waals surface area contributed by atoms with Crippen LogP contribution in [0.3, 0.4) is 0 Å². The molecule has 0 spiro atoms. The van der Waals surface area contributed by atoms with Gasteiger partial charge in [0.15, 0.2) is 0 Å². The Kier molecular flexibility index (Phi) is 4.33. The molecule has 2 rings (SSSR count). The van der Waals surface area contributed by atoms with Crippen LogP contribution >= 0.6 is 0 Å². The number of hydrogen-bond donors (Lipinski definition) is 2. The molecule has 2 aromatic heterocycles. The van der Waals surface area contributed by atoms with Gasteiger partial charge in [0.25, 0.3) is 10.0 Å². The van der Waals surface area contributed by atoms with E-state index in [1.807, 2.05) is 0 Å². The van der Waals surface area contributed by atoms with Crippen LogP contribution in [0.25, 0.3) is 0 Å². The van der Waals surface area contributed by atoms with E-state index in [0.29, 0.717) is 30.0 Å². The average Bonchev–Trinajstić information content (AvgIpc) is 2.90. The lowest BCUT2D eigenvalue weighted by molar-refractivity contribution is 0.276. The fourth-order valence-corrected chi connectivity index (χ4v) is 3.63. The first kappa shape index (κ1) is 15.5. The summed E-state index contributed by atoms with van der Waals surface area (Å²) < 4.78 is 30.6. The van der Waals surface area contributed by atoms with Crippen LogP contribution in [-0.4, -0.2) is 39.7 Å². The number of rotatable bonds is 6. The van der Waals surface area contributed by atoms with Crippen molar-refractivity contribution >= 4 is 15.7 Å². The van der Waals surface area contributed by atoms with Crippen LogP contribution in [-0.2, 0) is 23.6 Å². The maximum absolute atomic E-state index is 12.5. The normalized spacial score (nSPS) is 11.8. The Balaban J connectivity index is 2.33. The molecule has 0 aromatic carbocycles. The van der Waals surface area contributed by atoms with Gasteiger partial charge in [-0.15, -0.1) is 0 Å². The van der Waals surface area contributed by atoms with Gasteiger partial charge < -0.3 is 5.11 Å². The van der Waals surface area contributed by atoms with Crippen molar-refractivity contribution in [1.29, 1.82) is 0 Å². The van der Waals surface area contributed by atoms with Crippen LogP contribution in [0.15, 0.2) is 17.3 Å². The van der Waals surface area contributed by atoms with E-state index in [1.54, 1.807) is 31.8 Å². The summed E-state index contributed by atoms with van der Waals surface area (Å²) in [5, 5.41) is 17.0. The minimum Gasteiger partial charge on any atom is -0.396 e. The Hall–Kier alpha value is -1.87. The molecule has 0 saturated heterocycles. The number of aromatic nitrogens is 4. The highest BCUT2D eigenvalue weighted by atomic mass is 32.2. The molecule has 2 aromatic rings. The molecule has 0 atom stereocenters. The summed E-state index contributed by atoms with van der Waals surface area (Å²) in [4.78, 5) is 0.171. The van der Waals surface area contributed by atoms with Gasteiger partial charge in [0.1, 0.15) is 4.90 Å². The van der Waals surface area contributed by atoms with Crippen LogP contribution < -0.4 is 4.72 Å². The van der Waals surface area contributed by atoms with Gasteiger partial charge in [-0.05, 0) is 20.3 Å². The lowest BCUT2D eigenvalue weighted by Gasteiger charge is -2.07. The molecule has 0 fully saturated rings. The molecule has 116 valence electrons. The first-order chi connectivity index (χ1) is 9.85. The van der Waals surface area contributed by atoms with E-state index in [2.05, 4.69) is 14.9 Å². The number of aliphatic hydroxyl groups is 1. The molecule has 0 amide bonds. The molecule has 8 nitrogen and oxygen atoms in total. The first-order valence-corrected chi connectivity index (χ1v) is 8.00. The molecule has 0 bridgehead atoms. The van der Waals surface area contributed by atoms with Crippen molar-refractivity contribution in [3.05, 3.63) is 23.8 Å². The molecule has 9 heteroatoms. The van der Waals surface area contributed by atoms with E-state index in [0.717, 1.165) is 0 Å². The molecule has 21 heavy (non-hydrogen) atoms. The van der Waals surface area contributed by atoms with Gasteiger partial charge in [0, 0.05) is 26.4 Å². The summed E-state index contributed by atoms with van der Waals surface area (Å²) in [7, 11) is -2.01. The smallest absolute Gasteiger partial charge is 0.265 e. The fraction of sp³-hybridized carbons (Fsp3) is 0.500. The molecular formula is C12H19N5O3S. The summed E-state index contributed by atoms with van der Waals surface area (Å²) in [6.07, 6.45) is 3.55. The molecule has 2 N–H and O–H groups in total. The highest BCUT2D eigenvalue weighted by molar-refractivity contribution is 7.92. The van der Waals surface area contributed by atoms with E-state index < -0.39 is 10.0 Å². The Morgan fingerprint density at radius 2 is 2.10 bits per heavy atom. The SMILES string of the molecule is Cc1nn(CCCO)c(C)c1S(=O)(=O)Nc1cnn(C)c1. The standard InChI is InChI=1S/C12H19N5O3S/c1-9-12(10(2)17(14-9)5-4-6-18)21(19,20)15-11-7-13-16(3)8-11/h7-8,15,18H,4-6H2,1-3H3. The summed E-state index contributed by atoms with van der Waals surface area (Å²) in [5.41, 5.74) is 1.39. The predicted molar refractivity (Wildman–Crippen MR) is 77.4 cm³/mol. The quantitative estimate of drug-likeness (QED) is 0.804. The predicted octanol–water partition coefficient (Wildman–Crippen LogP) is 0.417. The topological polar surface area (TPSA) is 102 Å². The molecule has 0 unspecified atom stereocenters. The second-order valence-electron chi connectivity index (χ2n) is 4.81. The van der Waals surface area contributed by atoms with E-state index in [-0.39, 0.29) is 11.5 Å². The Labute approximate surface area is 123 Å². The van der Waals surface area contributed by atoms with Crippen LogP contribution in [0.5, 0.6) is 0 Å². The summed E-state index contributed by atoms with van der Waals surface area (Å²) >= 11 is 0. The van der Waals surface area contributed by atoms with E-state index in [4.69, 9.17) is 5.11 Å². The molecule has 0 aliphatic rings. The van der Waals surface area contributed by atoms with Crippen LogP contribution in [0.4, 0.5) is 5.69 Å². The Morgan fingerprint density at radius 3 is 2.67 bits per heavy atom. The zero-order valence-corrected chi connectivity index (χ0v) is 13.1. The van der Waals surface area contributed by atoms with Crippen molar-refractivity contribution in [1.82, 2.24) is 19.6 Å². The highest BCUT2D eigenvalue weighted by Crippen LogP contribution is 2.22. The number of nitrogens with one attached hydrogen (secondary N) is 1. The van der Waals surface area contributed by atoms with Gasteiger partial charge in [-0.25, -0.2) is 8.42 Å². The Morgan fingerprint density at radius 1 is 1.38 bits per heavy atom. The number of aliphatic hydroxyl groups excluding tert-OH is 1. The second kappa shape index (κ2) is 5.86. The maximum Gasteiger partial charge on any atom is 0.265 e. The average molecular weight is 313 g/mol. The zero-order chi connectivity index (χ0) is 15.6. The van der Waals surface area contributed by atoms with Crippen LogP contribution in [0, 0.1) is 13.8 Å². The first-order valence-electron chi connectivity index (χ1n) is 6.51. The van der Waals surface area contributed by atoms with Crippen molar-refractivity contribution in [3.8, 4) is 0 Å². The lowest BCUT2D eigenvalue weighted by atomic mass is 10.4. The maximum atomic E-state index is 12.5. The van der Waals surface area contributed by atoms with E-state index in [1.165, 1.54) is 10.9 Å². The molecular weight excluding hydrogens is 294 g/mol. The van der Waals surface area contributed by atoms with Gasteiger partial charge >= 0.3 is 0 Å². The lowest BCUT2D eigenvalue weighted by Crippen LogP contribution is -2.15. The second-order valence-corrected chi connectivity index (χ2v) is 6.43. The monoisotopic (exact) mass is 313 g/mol. The third-order valence-electron chi connectivity index (χ3n) is 3.07. The van der Waals surface area contributed by atoms with Gasteiger partial charge in [0.2, 0.25) is 0 Å². The van der Waals surface area contributed by atoms with Crippen LogP contribution in [0.2, 0.25) is 0 Å². The third-order valence-corrected chi connectivity index (χ3v) is 4.70. The number of nitrogens with zero attached hydrogens (tertiary/aromatic N) is 4. The van der Waals surface area contributed by atoms with Gasteiger partial charge in [-0.2, -0.15) is 10.2 Å². The molecule has 0 aliphatic carbocycles. The number of anilines is 1. The van der Waals surface area contributed by atoms with Gasteiger partial charge in [-0.1, -0.05) is 0 Å². The van der Waals surface area contributed by atoms with Crippen molar-refractivity contribution in [2.45, 2.75) is 31.7 Å². The molecule has 0 aliphatic heterocycles. The van der Waals surface area contributed by atoms with Crippen molar-refractivity contribution in [2.75, 3.05) is 11.3 Å². The van der Waals surface area contributed by atoms with Gasteiger partial charge in [0.05, 0.1) is 23.3 Å². The fourth-order valence-electron chi connectivity index (χ4n) is 2.19. The zero-order valence-electron chi connectivity index (χ0n) is 12.2. The van der Waals surface area contributed by atoms with Crippen molar-refractivity contribution in [2.24, 2.45) is 7.05 Å². The largest absolute Gasteiger partial charge is 0.396 e. The third kappa shape index (κ3) is 3.24. The number of hydrogen-bond acceptors (Lipinski definition) is 5. The summed E-state index contributed by atoms with van der Waals surface area (Å²) in [6.45, 7) is 3.87. The van der Waals surface area contributed by atoms with Crippen molar-refractivity contribution in [3.63, 3.8) is 0 Å². The minimum absolute atomic E-state index is 0.0361. The molecule has 0 saturated carbocycles. The molecule has 2 heterocycles. The number of aryl methyl sites for hydroxylation is 3. The molecule has 0 radical (unpaired) electrons. The minimum atomic E-state index is -3.71. The van der Waals surface area contributed by atoms with Gasteiger partial charge in [-0.3, -0.25) is 14.1 Å². The highest BCUT2D eigenvalue weighted by Gasteiger charge is 2.24. The summed E-state index contributed by atoms with van der Waals surface area (Å²) in [6, 6.07) is 0. The number of sulfonamides is 1. The van der Waals surface area contributed by atoms with Crippen molar-refractivity contribution < 1.29 is 13.5 Å². The Bertz CT molecular complexity index is 732. The van der Waals surface area contributed by atoms with E-state index >= 15 is 0 Å². The summed E-state index contributed by atoms with van der Waals surface area (Å²) in [5.74, 6) is 0. The van der Waals surface area contributed by atoms with Crippen LogP contribution in [0.1, 0.15) is 17.8 Å². The van der Waals surface area contributed by atoms with E-state index in [9.17, 15) is 8.42 Å².